The monoisotopic (exact) mass is 295 g/mol. The molecule has 4 atom stereocenters. The minimum absolute atomic E-state index is 0.416. The molecule has 1 aliphatic heterocycles. The van der Waals surface area contributed by atoms with E-state index in [9.17, 15) is 19.8 Å². The van der Waals surface area contributed by atoms with Gasteiger partial charge in [0.2, 0.25) is 0 Å². The Morgan fingerprint density at radius 2 is 2.19 bits per heavy atom. The van der Waals surface area contributed by atoms with Crippen LogP contribution in [0.5, 0.6) is 0 Å². The average Bonchev–Trinajstić information content (AvgIpc) is 3.06. The van der Waals surface area contributed by atoms with Gasteiger partial charge in [-0.3, -0.25) is 14.3 Å². The van der Waals surface area contributed by atoms with Crippen molar-refractivity contribution in [3.8, 4) is 0 Å². The first-order chi connectivity index (χ1) is 10.1. The van der Waals surface area contributed by atoms with Gasteiger partial charge in [0.05, 0.1) is 12.8 Å². The number of hydrogen-bond acceptors (Lipinski definition) is 7. The van der Waals surface area contributed by atoms with Crippen molar-refractivity contribution in [1.82, 2.24) is 24.5 Å². The summed E-state index contributed by atoms with van der Waals surface area (Å²) in [7, 11) is 0. The van der Waals surface area contributed by atoms with Gasteiger partial charge in [0.15, 0.2) is 6.23 Å². The van der Waals surface area contributed by atoms with Crippen LogP contribution < -0.4 is 11.2 Å². The summed E-state index contributed by atoms with van der Waals surface area (Å²) in [6, 6.07) is 0.412. The van der Waals surface area contributed by atoms with Crippen molar-refractivity contribution in [2.75, 3.05) is 6.61 Å². The standard InChI is InChI=1S/C11H13N5O5/c17-5-6-9(19)8(16-4-2-12-14-16)10(21-6)15-3-1-7(18)13-11(15)20/h1-4,6,8-10,17,19H,5H2,(H,13,18,20)/t6-,8-,9-,10-/m1/s1. The molecule has 0 radical (unpaired) electrons. The molecule has 0 spiro atoms. The number of ether oxygens (including phenoxy) is 1. The SMILES string of the molecule is O=c1ccn([C@@H]2O[C@H](CO)[C@@H](O)[C@H]2n2ccnn2)c(=O)[nH]1. The molecule has 1 aliphatic rings. The number of rotatable bonds is 3. The Labute approximate surface area is 117 Å². The van der Waals surface area contributed by atoms with Gasteiger partial charge in [-0.2, -0.15) is 0 Å². The number of nitrogens with zero attached hydrogens (tertiary/aromatic N) is 4. The van der Waals surface area contributed by atoms with Gasteiger partial charge in [0.1, 0.15) is 18.2 Å². The van der Waals surface area contributed by atoms with Crippen LogP contribution in [-0.4, -0.2) is 53.6 Å². The molecule has 10 heteroatoms. The molecular formula is C11H13N5O5. The first-order valence-electron chi connectivity index (χ1n) is 6.23. The largest absolute Gasteiger partial charge is 0.394 e. The predicted molar refractivity (Wildman–Crippen MR) is 67.4 cm³/mol. The van der Waals surface area contributed by atoms with E-state index in [1.54, 1.807) is 0 Å². The third kappa shape index (κ3) is 2.28. The second kappa shape index (κ2) is 5.24. The molecule has 2 aromatic rings. The lowest BCUT2D eigenvalue weighted by molar-refractivity contribution is -0.0479. The second-order valence-electron chi connectivity index (χ2n) is 4.63. The van der Waals surface area contributed by atoms with E-state index in [1.165, 1.54) is 29.3 Å². The van der Waals surface area contributed by atoms with Crippen LogP contribution in [0.2, 0.25) is 0 Å². The summed E-state index contributed by atoms with van der Waals surface area (Å²) >= 11 is 0. The summed E-state index contributed by atoms with van der Waals surface area (Å²) in [5, 5.41) is 26.9. The zero-order valence-electron chi connectivity index (χ0n) is 10.7. The fourth-order valence-electron chi connectivity index (χ4n) is 2.40. The van der Waals surface area contributed by atoms with Crippen molar-refractivity contribution in [3.63, 3.8) is 0 Å². The van der Waals surface area contributed by atoms with Gasteiger partial charge in [-0.15, -0.1) is 5.10 Å². The maximum Gasteiger partial charge on any atom is 0.330 e. The van der Waals surface area contributed by atoms with Gasteiger partial charge in [-0.25, -0.2) is 9.48 Å². The molecule has 3 N–H and O–H groups in total. The van der Waals surface area contributed by atoms with Crippen LogP contribution in [0, 0.1) is 0 Å². The third-order valence-electron chi connectivity index (χ3n) is 3.39. The Balaban J connectivity index is 2.06. The Morgan fingerprint density at radius 3 is 2.81 bits per heavy atom. The molecule has 0 unspecified atom stereocenters. The van der Waals surface area contributed by atoms with Gasteiger partial charge in [-0.05, 0) is 0 Å². The highest BCUT2D eigenvalue weighted by molar-refractivity contribution is 4.95. The van der Waals surface area contributed by atoms with Crippen molar-refractivity contribution in [3.05, 3.63) is 45.5 Å². The van der Waals surface area contributed by atoms with Gasteiger partial charge in [0, 0.05) is 18.5 Å². The van der Waals surface area contributed by atoms with E-state index in [1.807, 2.05) is 0 Å². The first-order valence-corrected chi connectivity index (χ1v) is 6.23. The topological polar surface area (TPSA) is 135 Å². The van der Waals surface area contributed by atoms with Crippen molar-refractivity contribution in [2.45, 2.75) is 24.5 Å². The minimum atomic E-state index is -1.08. The number of aliphatic hydroxyl groups excluding tert-OH is 2. The molecule has 1 saturated heterocycles. The molecule has 3 heterocycles. The lowest BCUT2D eigenvalue weighted by atomic mass is 10.1. The smallest absolute Gasteiger partial charge is 0.330 e. The summed E-state index contributed by atoms with van der Waals surface area (Å²) in [6.45, 7) is -0.416. The number of nitrogens with one attached hydrogen (secondary N) is 1. The van der Waals surface area contributed by atoms with Crippen LogP contribution >= 0.6 is 0 Å². The van der Waals surface area contributed by atoms with Crippen molar-refractivity contribution < 1.29 is 14.9 Å². The van der Waals surface area contributed by atoms with Crippen molar-refractivity contribution in [1.29, 1.82) is 0 Å². The zero-order valence-corrected chi connectivity index (χ0v) is 10.7. The predicted octanol–water partition coefficient (Wildman–Crippen LogP) is -2.38. The molecule has 0 bridgehead atoms. The minimum Gasteiger partial charge on any atom is -0.394 e. The highest BCUT2D eigenvalue weighted by Crippen LogP contribution is 2.36. The lowest BCUT2D eigenvalue weighted by Gasteiger charge is -2.21. The summed E-state index contributed by atoms with van der Waals surface area (Å²) < 4.78 is 8.00. The van der Waals surface area contributed by atoms with Gasteiger partial charge in [-0.1, -0.05) is 5.21 Å². The molecule has 0 saturated carbocycles. The summed E-state index contributed by atoms with van der Waals surface area (Å²) in [6.07, 6.45) is 1.32. The van der Waals surface area contributed by atoms with E-state index in [-0.39, 0.29) is 0 Å². The average molecular weight is 295 g/mol. The molecule has 2 aromatic heterocycles. The summed E-state index contributed by atoms with van der Waals surface area (Å²) in [4.78, 5) is 25.1. The molecule has 3 rings (SSSR count). The summed E-state index contributed by atoms with van der Waals surface area (Å²) in [5.41, 5.74) is -1.21. The molecule has 0 aliphatic carbocycles. The van der Waals surface area contributed by atoms with E-state index in [4.69, 9.17) is 4.74 Å². The number of hydrogen-bond donors (Lipinski definition) is 3. The lowest BCUT2D eigenvalue weighted by Crippen LogP contribution is -2.36. The summed E-state index contributed by atoms with van der Waals surface area (Å²) in [5.74, 6) is 0. The van der Waals surface area contributed by atoms with Crippen molar-refractivity contribution in [2.24, 2.45) is 0 Å². The van der Waals surface area contributed by atoms with Crippen LogP contribution in [0.4, 0.5) is 0 Å². The Hall–Kier alpha value is -2.30. The second-order valence-corrected chi connectivity index (χ2v) is 4.63. The van der Waals surface area contributed by atoms with Gasteiger partial charge in [0.25, 0.3) is 5.56 Å². The molecule has 112 valence electrons. The van der Waals surface area contributed by atoms with E-state index < -0.39 is 42.3 Å². The Morgan fingerprint density at radius 1 is 1.38 bits per heavy atom. The number of aromatic nitrogens is 5. The molecule has 10 nitrogen and oxygen atoms in total. The van der Waals surface area contributed by atoms with Crippen molar-refractivity contribution >= 4 is 0 Å². The van der Waals surface area contributed by atoms with Gasteiger partial charge < -0.3 is 14.9 Å². The number of aromatic amines is 1. The molecular weight excluding hydrogens is 282 g/mol. The van der Waals surface area contributed by atoms with E-state index in [2.05, 4.69) is 15.3 Å². The van der Waals surface area contributed by atoms with Crippen LogP contribution in [0.1, 0.15) is 12.3 Å². The fourth-order valence-corrected chi connectivity index (χ4v) is 2.40. The molecule has 0 amide bonds. The zero-order chi connectivity index (χ0) is 15.0. The van der Waals surface area contributed by atoms with E-state index >= 15 is 0 Å². The molecule has 0 aromatic carbocycles. The Kier molecular flexibility index (Phi) is 3.41. The van der Waals surface area contributed by atoms with E-state index in [0.717, 1.165) is 4.57 Å². The van der Waals surface area contributed by atoms with Gasteiger partial charge >= 0.3 is 5.69 Å². The molecule has 21 heavy (non-hydrogen) atoms. The highest BCUT2D eigenvalue weighted by atomic mass is 16.5. The maximum absolute atomic E-state index is 11.9. The number of aliphatic hydroxyl groups is 2. The Bertz CT molecular complexity index is 723. The number of H-pyrrole nitrogens is 1. The molecule has 1 fully saturated rings. The fraction of sp³-hybridized carbons (Fsp3) is 0.455. The van der Waals surface area contributed by atoms with Crippen LogP contribution in [0.15, 0.2) is 34.2 Å². The first kappa shape index (κ1) is 13.7. The van der Waals surface area contributed by atoms with Crippen LogP contribution in [-0.2, 0) is 4.74 Å². The van der Waals surface area contributed by atoms with E-state index in [0.29, 0.717) is 0 Å². The highest BCUT2D eigenvalue weighted by Gasteiger charge is 2.46. The maximum atomic E-state index is 11.9. The quantitative estimate of drug-likeness (QED) is 0.575. The van der Waals surface area contributed by atoms with Crippen LogP contribution in [0.25, 0.3) is 0 Å². The third-order valence-corrected chi connectivity index (χ3v) is 3.39. The van der Waals surface area contributed by atoms with Crippen LogP contribution in [0.3, 0.4) is 0 Å². The normalized spacial score (nSPS) is 28.9.